The number of hydrogen-bond donors (Lipinski definition) is 0. The molecule has 0 aromatic heterocycles. The summed E-state index contributed by atoms with van der Waals surface area (Å²) in [5.74, 6) is 7.29. The van der Waals surface area contributed by atoms with Crippen LogP contribution in [0.4, 0.5) is 0 Å². The molecule has 0 aromatic rings. The minimum absolute atomic E-state index is 0.631. The molecule has 0 bridgehead atoms. The third kappa shape index (κ3) is 22.4. The van der Waals surface area contributed by atoms with Crippen molar-refractivity contribution in [1.29, 1.82) is 0 Å². The van der Waals surface area contributed by atoms with Crippen LogP contribution in [0.15, 0.2) is 0 Å². The van der Waals surface area contributed by atoms with Gasteiger partial charge in [-0.3, -0.25) is 0 Å². The summed E-state index contributed by atoms with van der Waals surface area (Å²) in [6.45, 7) is 11.7. The molecule has 0 aliphatic rings. The number of hydrogen-bond acceptors (Lipinski definition) is 0. The van der Waals surface area contributed by atoms with Crippen molar-refractivity contribution >= 4 is 21.3 Å². The molecular formula is C10H28GeSi. The minimum atomic E-state index is -1.04. The van der Waals surface area contributed by atoms with E-state index in [1.54, 1.807) is 0 Å². The predicted octanol–water partition coefficient (Wildman–Crippen LogP) is 4.69. The Balaban J connectivity index is 0. The van der Waals surface area contributed by atoms with Crippen LogP contribution in [-0.4, -0.2) is 21.3 Å². The van der Waals surface area contributed by atoms with E-state index in [-0.39, 0.29) is 0 Å². The van der Waals surface area contributed by atoms with E-state index >= 15 is 0 Å². The van der Waals surface area contributed by atoms with E-state index in [0.29, 0.717) is 0 Å². The first kappa shape index (κ1) is 15.2. The fraction of sp³-hybridized carbons (Fsp3) is 1.00. The molecule has 76 valence electrons. The second-order valence-corrected chi connectivity index (χ2v) is 23.9. The third-order valence-electron chi connectivity index (χ3n) is 2.12. The molecule has 0 heterocycles. The Bertz CT molecular complexity index is 83.4. The molecule has 0 aliphatic heterocycles. The second kappa shape index (κ2) is 6.25. The Morgan fingerprint density at radius 2 is 1.08 bits per heavy atom. The van der Waals surface area contributed by atoms with Crippen molar-refractivity contribution in [3.63, 3.8) is 0 Å². The van der Waals surface area contributed by atoms with E-state index in [9.17, 15) is 0 Å². The van der Waals surface area contributed by atoms with Crippen LogP contribution in [0, 0.1) is 0 Å². The summed E-state index contributed by atoms with van der Waals surface area (Å²) in [7, 11) is -0.631. The summed E-state index contributed by atoms with van der Waals surface area (Å²) >= 11 is -1.04. The molecule has 0 atom stereocenters. The van der Waals surface area contributed by atoms with Gasteiger partial charge in [0, 0.05) is 8.07 Å². The van der Waals surface area contributed by atoms with E-state index in [4.69, 9.17) is 0 Å². The van der Waals surface area contributed by atoms with Crippen LogP contribution in [0.5, 0.6) is 0 Å². The molecule has 0 saturated carbocycles. The van der Waals surface area contributed by atoms with Gasteiger partial charge in [0.1, 0.15) is 0 Å². The molecule has 0 saturated heterocycles. The first-order chi connectivity index (χ1) is 5.12. The molecule has 0 spiro atoms. The fourth-order valence-electron chi connectivity index (χ4n) is 0. The zero-order valence-corrected chi connectivity index (χ0v) is 13.5. The maximum absolute atomic E-state index is 2.43. The van der Waals surface area contributed by atoms with Crippen LogP contribution >= 0.6 is 0 Å². The zero-order chi connectivity index (χ0) is 10.4. The van der Waals surface area contributed by atoms with Gasteiger partial charge in [0.05, 0.1) is 0 Å². The molecule has 0 aromatic carbocycles. The van der Waals surface area contributed by atoms with Crippen LogP contribution in [-0.2, 0) is 0 Å². The van der Waals surface area contributed by atoms with Crippen molar-refractivity contribution in [3.05, 3.63) is 0 Å². The van der Waals surface area contributed by atoms with Gasteiger partial charge in [-0.15, -0.1) is 0 Å². The predicted molar refractivity (Wildman–Crippen MR) is 67.7 cm³/mol. The quantitative estimate of drug-likeness (QED) is 0.622. The molecule has 0 radical (unpaired) electrons. The van der Waals surface area contributed by atoms with Crippen LogP contribution in [0.3, 0.4) is 0 Å². The molecule has 2 heteroatoms. The van der Waals surface area contributed by atoms with Gasteiger partial charge in [-0.2, -0.15) is 0 Å². The normalized spacial score (nSPS) is 12.0. The summed E-state index contributed by atoms with van der Waals surface area (Å²) in [6.07, 6.45) is 0. The fourth-order valence-corrected chi connectivity index (χ4v) is 0. The molecule has 0 N–H and O–H groups in total. The Morgan fingerprint density at radius 1 is 0.917 bits per heavy atom. The summed E-state index contributed by atoms with van der Waals surface area (Å²) < 4.78 is 0. The van der Waals surface area contributed by atoms with Crippen LogP contribution in [0.1, 0.15) is 13.8 Å². The van der Waals surface area contributed by atoms with Crippen LogP contribution in [0.2, 0.25) is 48.2 Å². The van der Waals surface area contributed by atoms with E-state index in [2.05, 4.69) is 50.8 Å². The van der Waals surface area contributed by atoms with Crippen molar-refractivity contribution in [2.45, 2.75) is 62.1 Å². The van der Waals surface area contributed by atoms with E-state index in [1.165, 1.54) is 11.3 Å². The van der Waals surface area contributed by atoms with E-state index < -0.39 is 21.3 Å². The van der Waals surface area contributed by atoms with Crippen LogP contribution < -0.4 is 0 Å². The summed E-state index contributed by atoms with van der Waals surface area (Å²) in [5.41, 5.74) is 0. The van der Waals surface area contributed by atoms with Crippen molar-refractivity contribution in [1.82, 2.24) is 0 Å². The average molecular weight is 249 g/mol. The molecule has 0 aliphatic carbocycles. The van der Waals surface area contributed by atoms with Gasteiger partial charge in [0.25, 0.3) is 0 Å². The van der Waals surface area contributed by atoms with Crippen molar-refractivity contribution in [2.24, 2.45) is 0 Å². The second-order valence-electron chi connectivity index (χ2n) is 5.83. The Labute approximate surface area is 83.5 Å². The Kier molecular flexibility index (Phi) is 7.94. The van der Waals surface area contributed by atoms with Crippen LogP contribution in [0.25, 0.3) is 0 Å². The molecule has 0 rings (SSSR count). The average Bonchev–Trinajstić information content (AvgIpc) is 1.86. The van der Waals surface area contributed by atoms with Crippen molar-refractivity contribution < 1.29 is 0 Å². The monoisotopic (exact) mass is 250 g/mol. The number of rotatable bonds is 2. The van der Waals surface area contributed by atoms with Crippen molar-refractivity contribution in [2.75, 3.05) is 0 Å². The topological polar surface area (TPSA) is 0 Å². The first-order valence-electron chi connectivity index (χ1n) is 5.12. The summed E-state index contributed by atoms with van der Waals surface area (Å²) in [6, 6.07) is 1.41. The van der Waals surface area contributed by atoms with Gasteiger partial charge in [0.15, 0.2) is 0 Å². The van der Waals surface area contributed by atoms with Crippen molar-refractivity contribution in [3.8, 4) is 0 Å². The van der Waals surface area contributed by atoms with E-state index in [0.717, 1.165) is 0 Å². The summed E-state index contributed by atoms with van der Waals surface area (Å²) in [5, 5.41) is 1.46. The Hall–Kier alpha value is 0.760. The van der Waals surface area contributed by atoms with Gasteiger partial charge < -0.3 is 0 Å². The first-order valence-corrected chi connectivity index (χ1v) is 16.6. The van der Waals surface area contributed by atoms with Gasteiger partial charge in [-0.05, 0) is 0 Å². The van der Waals surface area contributed by atoms with E-state index in [1.807, 2.05) is 0 Å². The Morgan fingerprint density at radius 3 is 1.08 bits per heavy atom. The molecule has 0 unspecified atom stereocenters. The summed E-state index contributed by atoms with van der Waals surface area (Å²) in [4.78, 5) is 0. The molecule has 0 amide bonds. The van der Waals surface area contributed by atoms with Gasteiger partial charge >= 0.3 is 42.7 Å². The standard InChI is InChI=1S/C5H14Ge.C5H14Si/c2*1-5-6(2,3)4/h2*5H2,1-4H3. The molecule has 12 heavy (non-hydrogen) atoms. The molecule has 0 fully saturated rings. The zero-order valence-electron chi connectivity index (χ0n) is 10.4. The van der Waals surface area contributed by atoms with Gasteiger partial charge in [-0.1, -0.05) is 32.6 Å². The molecular weight excluding hydrogens is 221 g/mol. The SMILES string of the molecule is CC[Si](C)(C)C.C[CH2][Ge]([CH3])([CH3])[CH3]. The molecule has 0 nitrogen and oxygen atoms in total. The van der Waals surface area contributed by atoms with Gasteiger partial charge in [0.2, 0.25) is 0 Å². The third-order valence-corrected chi connectivity index (χ3v) is 8.69. The van der Waals surface area contributed by atoms with Gasteiger partial charge in [-0.25, -0.2) is 0 Å². The maximum atomic E-state index is 2.43.